The lowest BCUT2D eigenvalue weighted by molar-refractivity contribution is 0.0665. The lowest BCUT2D eigenvalue weighted by atomic mass is 10.3. The zero-order valence-electron chi connectivity index (χ0n) is 9.31. The van der Waals surface area contributed by atoms with Crippen LogP contribution in [0.3, 0.4) is 0 Å². The molecule has 0 radical (unpaired) electrons. The molecule has 2 heterocycles. The maximum Gasteiger partial charge on any atom is 0.319 e. The van der Waals surface area contributed by atoms with Gasteiger partial charge in [-0.15, -0.1) is 11.3 Å². The SMILES string of the molecule is C[C@@H](NCc1nccn1C(F)F)c1cccs1. The second-order valence-electron chi connectivity index (χ2n) is 3.65. The van der Waals surface area contributed by atoms with Gasteiger partial charge in [-0.2, -0.15) is 8.78 Å². The van der Waals surface area contributed by atoms with Crippen molar-refractivity contribution in [2.75, 3.05) is 0 Å². The Morgan fingerprint density at radius 2 is 2.35 bits per heavy atom. The van der Waals surface area contributed by atoms with E-state index in [-0.39, 0.29) is 6.04 Å². The number of alkyl halides is 2. The summed E-state index contributed by atoms with van der Waals surface area (Å²) in [6.07, 6.45) is 2.68. The number of thiophene rings is 1. The zero-order chi connectivity index (χ0) is 12.3. The monoisotopic (exact) mass is 257 g/mol. The summed E-state index contributed by atoms with van der Waals surface area (Å²) in [5.74, 6) is 0.350. The van der Waals surface area contributed by atoms with Crippen molar-refractivity contribution in [3.8, 4) is 0 Å². The first-order valence-electron chi connectivity index (χ1n) is 5.25. The Morgan fingerprint density at radius 1 is 1.53 bits per heavy atom. The van der Waals surface area contributed by atoms with Crippen molar-refractivity contribution in [2.45, 2.75) is 26.1 Å². The van der Waals surface area contributed by atoms with Crippen LogP contribution in [0.15, 0.2) is 29.9 Å². The highest BCUT2D eigenvalue weighted by Gasteiger charge is 2.12. The predicted octanol–water partition coefficient (Wildman–Crippen LogP) is 3.19. The van der Waals surface area contributed by atoms with Gasteiger partial charge in [-0.25, -0.2) is 4.98 Å². The van der Waals surface area contributed by atoms with Gasteiger partial charge in [0.05, 0.1) is 6.54 Å². The molecule has 6 heteroatoms. The van der Waals surface area contributed by atoms with Crippen molar-refractivity contribution >= 4 is 11.3 Å². The quantitative estimate of drug-likeness (QED) is 0.891. The Kier molecular flexibility index (Phi) is 3.86. The van der Waals surface area contributed by atoms with Crippen molar-refractivity contribution in [1.82, 2.24) is 14.9 Å². The smallest absolute Gasteiger partial charge is 0.302 e. The van der Waals surface area contributed by atoms with Crippen LogP contribution in [0.1, 0.15) is 30.2 Å². The lowest BCUT2D eigenvalue weighted by Crippen LogP contribution is -2.20. The number of hydrogen-bond acceptors (Lipinski definition) is 3. The first kappa shape index (κ1) is 12.2. The zero-order valence-corrected chi connectivity index (χ0v) is 10.1. The number of halogens is 2. The third-order valence-electron chi connectivity index (χ3n) is 2.50. The molecule has 0 aliphatic carbocycles. The molecule has 1 N–H and O–H groups in total. The fraction of sp³-hybridized carbons (Fsp3) is 0.364. The highest BCUT2D eigenvalue weighted by molar-refractivity contribution is 7.10. The van der Waals surface area contributed by atoms with Crippen LogP contribution in [-0.4, -0.2) is 9.55 Å². The van der Waals surface area contributed by atoms with Crippen LogP contribution >= 0.6 is 11.3 Å². The highest BCUT2D eigenvalue weighted by Crippen LogP contribution is 2.19. The van der Waals surface area contributed by atoms with E-state index in [0.29, 0.717) is 12.4 Å². The number of hydrogen-bond donors (Lipinski definition) is 1. The maximum atomic E-state index is 12.6. The van der Waals surface area contributed by atoms with Crippen LogP contribution < -0.4 is 5.32 Å². The van der Waals surface area contributed by atoms with Crippen LogP contribution in [0, 0.1) is 0 Å². The van der Waals surface area contributed by atoms with E-state index in [2.05, 4.69) is 10.3 Å². The Labute approximate surface area is 102 Å². The molecule has 3 nitrogen and oxygen atoms in total. The third-order valence-corrected chi connectivity index (χ3v) is 3.55. The first-order valence-corrected chi connectivity index (χ1v) is 6.13. The van der Waals surface area contributed by atoms with E-state index in [0.717, 1.165) is 4.57 Å². The summed E-state index contributed by atoms with van der Waals surface area (Å²) >= 11 is 1.64. The number of nitrogens with one attached hydrogen (secondary N) is 1. The van der Waals surface area contributed by atoms with E-state index in [1.807, 2.05) is 24.4 Å². The van der Waals surface area contributed by atoms with Crippen molar-refractivity contribution < 1.29 is 8.78 Å². The molecule has 17 heavy (non-hydrogen) atoms. The van der Waals surface area contributed by atoms with Gasteiger partial charge in [0, 0.05) is 23.3 Å². The fourth-order valence-corrected chi connectivity index (χ4v) is 2.30. The number of nitrogens with zero attached hydrogens (tertiary/aromatic N) is 2. The van der Waals surface area contributed by atoms with Crippen molar-refractivity contribution in [3.63, 3.8) is 0 Å². The van der Waals surface area contributed by atoms with Gasteiger partial charge in [-0.05, 0) is 18.4 Å². The van der Waals surface area contributed by atoms with Gasteiger partial charge in [-0.3, -0.25) is 4.57 Å². The second-order valence-corrected chi connectivity index (χ2v) is 4.63. The van der Waals surface area contributed by atoms with Crippen LogP contribution in [0.4, 0.5) is 8.78 Å². The summed E-state index contributed by atoms with van der Waals surface area (Å²) in [5.41, 5.74) is 0. The molecule has 2 aromatic heterocycles. The average molecular weight is 257 g/mol. The van der Waals surface area contributed by atoms with Gasteiger partial charge in [0.15, 0.2) is 0 Å². The Balaban J connectivity index is 1.96. The summed E-state index contributed by atoms with van der Waals surface area (Å²) in [4.78, 5) is 5.10. The molecule has 0 saturated carbocycles. The lowest BCUT2D eigenvalue weighted by Gasteiger charge is -2.12. The molecular weight excluding hydrogens is 244 g/mol. The molecule has 0 saturated heterocycles. The van der Waals surface area contributed by atoms with Gasteiger partial charge < -0.3 is 5.32 Å². The molecule has 0 aliphatic rings. The van der Waals surface area contributed by atoms with E-state index in [9.17, 15) is 8.78 Å². The van der Waals surface area contributed by atoms with E-state index in [1.165, 1.54) is 17.3 Å². The molecule has 0 fully saturated rings. The Hall–Kier alpha value is -1.27. The molecule has 2 rings (SSSR count). The molecule has 2 aromatic rings. The molecule has 1 atom stereocenters. The molecule has 0 amide bonds. The van der Waals surface area contributed by atoms with Crippen molar-refractivity contribution in [2.24, 2.45) is 0 Å². The predicted molar refractivity (Wildman–Crippen MR) is 63.1 cm³/mol. The van der Waals surface area contributed by atoms with Crippen LogP contribution in [0.2, 0.25) is 0 Å². The first-order chi connectivity index (χ1) is 8.18. The summed E-state index contributed by atoms with van der Waals surface area (Å²) < 4.78 is 26.0. The van der Waals surface area contributed by atoms with Crippen LogP contribution in [0.5, 0.6) is 0 Å². The topological polar surface area (TPSA) is 29.9 Å². The molecule has 0 spiro atoms. The molecule has 0 aliphatic heterocycles. The summed E-state index contributed by atoms with van der Waals surface area (Å²) in [6, 6.07) is 4.12. The summed E-state index contributed by atoms with van der Waals surface area (Å²) in [7, 11) is 0. The van der Waals surface area contributed by atoms with Gasteiger partial charge in [-0.1, -0.05) is 6.07 Å². The van der Waals surface area contributed by atoms with E-state index >= 15 is 0 Å². The van der Waals surface area contributed by atoms with Crippen LogP contribution in [-0.2, 0) is 6.54 Å². The maximum absolute atomic E-state index is 12.6. The number of aromatic nitrogens is 2. The molecule has 92 valence electrons. The van der Waals surface area contributed by atoms with E-state index < -0.39 is 6.55 Å². The minimum Gasteiger partial charge on any atom is -0.302 e. The molecular formula is C11H13F2N3S. The number of rotatable bonds is 5. The molecule has 0 aromatic carbocycles. The normalized spacial score (nSPS) is 13.2. The van der Waals surface area contributed by atoms with Gasteiger partial charge in [0.2, 0.25) is 0 Å². The standard InChI is InChI=1S/C11H13F2N3S/c1-8(9-3-2-6-17-9)15-7-10-14-4-5-16(10)11(12)13/h2-6,8,11,15H,7H2,1H3/t8-/m1/s1. The van der Waals surface area contributed by atoms with Gasteiger partial charge in [0.1, 0.15) is 5.82 Å². The summed E-state index contributed by atoms with van der Waals surface area (Å²) in [5, 5.41) is 5.17. The van der Waals surface area contributed by atoms with Gasteiger partial charge in [0.25, 0.3) is 0 Å². The van der Waals surface area contributed by atoms with E-state index in [1.54, 1.807) is 11.3 Å². The average Bonchev–Trinajstić information content (AvgIpc) is 2.96. The van der Waals surface area contributed by atoms with Crippen molar-refractivity contribution in [3.05, 3.63) is 40.6 Å². The van der Waals surface area contributed by atoms with Crippen molar-refractivity contribution in [1.29, 1.82) is 0 Å². The molecule has 0 bridgehead atoms. The molecule has 0 unspecified atom stereocenters. The summed E-state index contributed by atoms with van der Waals surface area (Å²) in [6.45, 7) is -0.205. The third kappa shape index (κ3) is 2.89. The second kappa shape index (κ2) is 5.37. The van der Waals surface area contributed by atoms with Gasteiger partial charge >= 0.3 is 6.55 Å². The minimum absolute atomic E-state index is 0.137. The Morgan fingerprint density at radius 3 is 3.00 bits per heavy atom. The largest absolute Gasteiger partial charge is 0.319 e. The van der Waals surface area contributed by atoms with E-state index in [4.69, 9.17) is 0 Å². The van der Waals surface area contributed by atoms with Crippen LogP contribution in [0.25, 0.3) is 0 Å². The number of imidazole rings is 1. The highest BCUT2D eigenvalue weighted by atomic mass is 32.1. The fourth-order valence-electron chi connectivity index (χ4n) is 1.54. The minimum atomic E-state index is -2.54. The Bertz CT molecular complexity index is 453.